The van der Waals surface area contributed by atoms with Gasteiger partial charge in [0.2, 0.25) is 5.95 Å². The Morgan fingerprint density at radius 1 is 1.26 bits per heavy atom. The maximum absolute atomic E-state index is 6.19. The third kappa shape index (κ3) is 4.40. The molecule has 2 heterocycles. The molecule has 1 aromatic rings. The molecule has 3 rings (SSSR count). The van der Waals surface area contributed by atoms with Gasteiger partial charge in [-0.3, -0.25) is 4.99 Å². The minimum absolute atomic E-state index is 0. The lowest BCUT2D eigenvalue weighted by atomic mass is 9.84. The number of piperazine rings is 1. The number of aromatic nitrogens is 2. The topological polar surface area (TPSA) is 70.6 Å². The number of anilines is 1. The summed E-state index contributed by atoms with van der Waals surface area (Å²) in [6.07, 6.45) is 9.61. The average Bonchev–Trinajstić information content (AvgIpc) is 2.55. The van der Waals surface area contributed by atoms with Crippen molar-refractivity contribution in [2.75, 3.05) is 43.9 Å². The van der Waals surface area contributed by atoms with Crippen LogP contribution in [-0.2, 0) is 0 Å². The number of rotatable bonds is 4. The molecule has 0 unspecified atom stereocenters. The second kappa shape index (κ2) is 8.36. The second-order valence-electron chi connectivity index (χ2n) is 5.94. The molecule has 0 spiro atoms. The molecule has 1 aliphatic carbocycles. The molecular weight excluding hydrogens is 423 g/mol. The van der Waals surface area contributed by atoms with E-state index in [1.165, 1.54) is 19.3 Å². The number of aliphatic imine (C=N–C) groups is 1. The van der Waals surface area contributed by atoms with Gasteiger partial charge in [-0.2, -0.15) is 11.8 Å². The van der Waals surface area contributed by atoms with E-state index in [9.17, 15) is 0 Å². The summed E-state index contributed by atoms with van der Waals surface area (Å²) in [7, 11) is 0. The number of hydrogen-bond donors (Lipinski definition) is 1. The van der Waals surface area contributed by atoms with Gasteiger partial charge in [0.05, 0.1) is 6.54 Å². The number of thioether (sulfide) groups is 1. The number of nitrogens with zero attached hydrogens (tertiary/aromatic N) is 5. The molecule has 0 amide bonds. The highest BCUT2D eigenvalue weighted by Crippen LogP contribution is 2.42. The summed E-state index contributed by atoms with van der Waals surface area (Å²) >= 11 is 1.94. The highest BCUT2D eigenvalue weighted by molar-refractivity contribution is 14.0. The average molecular weight is 448 g/mol. The molecule has 2 aliphatic rings. The van der Waals surface area contributed by atoms with Crippen LogP contribution < -0.4 is 10.6 Å². The summed E-state index contributed by atoms with van der Waals surface area (Å²) < 4.78 is 0.352. The van der Waals surface area contributed by atoms with Crippen LogP contribution >= 0.6 is 35.7 Å². The van der Waals surface area contributed by atoms with Crippen LogP contribution in [0.15, 0.2) is 23.5 Å². The molecule has 0 radical (unpaired) electrons. The van der Waals surface area contributed by atoms with Crippen LogP contribution in [0.5, 0.6) is 0 Å². The first-order chi connectivity index (χ1) is 10.7. The van der Waals surface area contributed by atoms with E-state index in [0.29, 0.717) is 10.7 Å². The van der Waals surface area contributed by atoms with E-state index in [2.05, 4.69) is 31.0 Å². The van der Waals surface area contributed by atoms with Crippen LogP contribution in [0.25, 0.3) is 0 Å². The first kappa shape index (κ1) is 18.6. The summed E-state index contributed by atoms with van der Waals surface area (Å²) in [5, 5.41) is 0. The van der Waals surface area contributed by atoms with E-state index in [1.807, 2.05) is 17.8 Å². The van der Waals surface area contributed by atoms with Crippen molar-refractivity contribution in [1.29, 1.82) is 0 Å². The zero-order valence-electron chi connectivity index (χ0n) is 13.5. The Bertz CT molecular complexity index is 508. The van der Waals surface area contributed by atoms with Gasteiger partial charge in [-0.25, -0.2) is 9.97 Å². The van der Waals surface area contributed by atoms with E-state index in [1.54, 1.807) is 12.4 Å². The molecular formula is C15H25IN6S. The normalized spacial score (nSPS) is 20.7. The van der Waals surface area contributed by atoms with Gasteiger partial charge in [0, 0.05) is 43.3 Å². The number of guanidine groups is 1. The van der Waals surface area contributed by atoms with Crippen molar-refractivity contribution in [3.63, 3.8) is 0 Å². The standard InChI is InChI=1S/C15H24N6S.HI/c1-22-15(4-2-5-15)12-19-13(16)20-8-10-21(11-9-20)14-17-6-3-7-18-14;/h3,6-7H,2,4-5,8-12H2,1H3,(H2,16,19);1H. The zero-order valence-corrected chi connectivity index (χ0v) is 16.7. The van der Waals surface area contributed by atoms with Gasteiger partial charge in [0.1, 0.15) is 0 Å². The molecule has 0 atom stereocenters. The first-order valence-corrected chi connectivity index (χ1v) is 9.07. The maximum Gasteiger partial charge on any atom is 0.225 e. The van der Waals surface area contributed by atoms with E-state index in [-0.39, 0.29) is 24.0 Å². The summed E-state index contributed by atoms with van der Waals surface area (Å²) in [4.78, 5) is 17.6. The Kier molecular flexibility index (Phi) is 6.75. The SMILES string of the molecule is CSC1(CN=C(N)N2CCN(c3ncccn3)CC2)CCC1.I. The van der Waals surface area contributed by atoms with Gasteiger partial charge in [0.15, 0.2) is 5.96 Å². The molecule has 0 aromatic carbocycles. The lowest BCUT2D eigenvalue weighted by molar-refractivity contribution is 0.359. The summed E-state index contributed by atoms with van der Waals surface area (Å²) in [5.74, 6) is 1.49. The quantitative estimate of drug-likeness (QED) is 0.431. The Balaban J connectivity index is 0.00000192. The Morgan fingerprint density at radius 2 is 1.91 bits per heavy atom. The highest BCUT2D eigenvalue weighted by Gasteiger charge is 2.36. The Morgan fingerprint density at radius 3 is 2.43 bits per heavy atom. The fourth-order valence-electron chi connectivity index (χ4n) is 2.91. The molecule has 1 saturated carbocycles. The minimum Gasteiger partial charge on any atom is -0.370 e. The van der Waals surface area contributed by atoms with Crippen molar-refractivity contribution >= 4 is 47.6 Å². The predicted molar refractivity (Wildman–Crippen MR) is 108 cm³/mol. The molecule has 23 heavy (non-hydrogen) atoms. The number of halogens is 1. The molecule has 128 valence electrons. The molecule has 1 aliphatic heterocycles. The van der Waals surface area contributed by atoms with E-state index < -0.39 is 0 Å². The second-order valence-corrected chi connectivity index (χ2v) is 7.21. The Labute approximate surface area is 159 Å². The van der Waals surface area contributed by atoms with Crippen LogP contribution in [-0.4, -0.2) is 64.6 Å². The molecule has 1 aromatic heterocycles. The van der Waals surface area contributed by atoms with E-state index in [4.69, 9.17) is 5.73 Å². The highest BCUT2D eigenvalue weighted by atomic mass is 127. The molecule has 2 N–H and O–H groups in total. The molecule has 1 saturated heterocycles. The van der Waals surface area contributed by atoms with Gasteiger partial charge in [0.25, 0.3) is 0 Å². The molecule has 6 nitrogen and oxygen atoms in total. The predicted octanol–water partition coefficient (Wildman–Crippen LogP) is 1.82. The fraction of sp³-hybridized carbons (Fsp3) is 0.667. The summed E-state index contributed by atoms with van der Waals surface area (Å²) in [5.41, 5.74) is 6.19. The summed E-state index contributed by atoms with van der Waals surface area (Å²) in [6.45, 7) is 4.36. The van der Waals surface area contributed by atoms with Gasteiger partial charge < -0.3 is 15.5 Å². The number of hydrogen-bond acceptors (Lipinski definition) is 5. The van der Waals surface area contributed by atoms with E-state index in [0.717, 1.165) is 38.7 Å². The van der Waals surface area contributed by atoms with Gasteiger partial charge in [-0.15, -0.1) is 24.0 Å². The van der Waals surface area contributed by atoms with Gasteiger partial charge in [-0.05, 0) is 25.2 Å². The maximum atomic E-state index is 6.19. The van der Waals surface area contributed by atoms with Crippen LogP contribution in [0.2, 0.25) is 0 Å². The smallest absolute Gasteiger partial charge is 0.225 e. The Hall–Kier alpha value is -0.770. The summed E-state index contributed by atoms with van der Waals surface area (Å²) in [6, 6.07) is 1.84. The number of nitrogens with two attached hydrogens (primary N) is 1. The van der Waals surface area contributed by atoms with Crippen LogP contribution in [0.4, 0.5) is 5.95 Å². The van der Waals surface area contributed by atoms with Gasteiger partial charge in [-0.1, -0.05) is 6.42 Å². The van der Waals surface area contributed by atoms with Crippen LogP contribution in [0.3, 0.4) is 0 Å². The van der Waals surface area contributed by atoms with Crippen molar-refractivity contribution in [3.8, 4) is 0 Å². The monoisotopic (exact) mass is 448 g/mol. The van der Waals surface area contributed by atoms with Crippen molar-refractivity contribution in [1.82, 2.24) is 14.9 Å². The zero-order chi connectivity index (χ0) is 15.4. The lowest BCUT2D eigenvalue weighted by Gasteiger charge is -2.40. The van der Waals surface area contributed by atoms with E-state index >= 15 is 0 Å². The van der Waals surface area contributed by atoms with Crippen molar-refractivity contribution < 1.29 is 0 Å². The lowest BCUT2D eigenvalue weighted by Crippen LogP contribution is -2.52. The first-order valence-electron chi connectivity index (χ1n) is 7.84. The van der Waals surface area contributed by atoms with Crippen molar-refractivity contribution in [2.45, 2.75) is 24.0 Å². The molecule has 0 bridgehead atoms. The van der Waals surface area contributed by atoms with Crippen LogP contribution in [0.1, 0.15) is 19.3 Å². The molecule has 2 fully saturated rings. The van der Waals surface area contributed by atoms with Crippen molar-refractivity contribution in [3.05, 3.63) is 18.5 Å². The van der Waals surface area contributed by atoms with Crippen molar-refractivity contribution in [2.24, 2.45) is 10.7 Å². The fourth-order valence-corrected chi connectivity index (χ4v) is 3.80. The largest absolute Gasteiger partial charge is 0.370 e. The van der Waals surface area contributed by atoms with Crippen LogP contribution in [0, 0.1) is 0 Å². The molecule has 8 heteroatoms. The van der Waals surface area contributed by atoms with Gasteiger partial charge >= 0.3 is 0 Å². The third-order valence-electron chi connectivity index (χ3n) is 4.67. The third-order valence-corrected chi connectivity index (χ3v) is 6.07. The minimum atomic E-state index is 0.